The van der Waals surface area contributed by atoms with Crippen LogP contribution in [0.1, 0.15) is 38.0 Å². The first kappa shape index (κ1) is 25.4. The number of alkyl carbamates (subject to hydrolysis) is 1. The van der Waals surface area contributed by atoms with Crippen LogP contribution in [0.15, 0.2) is 54.6 Å². The van der Waals surface area contributed by atoms with E-state index in [1.807, 2.05) is 36.4 Å². The summed E-state index contributed by atoms with van der Waals surface area (Å²) < 4.78 is 35.5. The number of ether oxygens (including phenoxy) is 4. The number of nitrogens with one attached hydrogen (secondary N) is 1. The number of halogens is 1. The van der Waals surface area contributed by atoms with Crippen LogP contribution in [0.4, 0.5) is 9.18 Å². The van der Waals surface area contributed by atoms with Crippen molar-refractivity contribution >= 4 is 12.2 Å². The standard InChI is InChI=1S/C25H32FNO5/c1-25(2,3)32-24(28)27-18-23(20-8-5-9-21(26)17-20)31-16-15-30-14-6-7-19-10-12-22(29-4)13-11-19/h5-13,17,23H,14-16,18H2,1-4H3,(H,27,28)/b7-6+. The number of carbonyl (C=O) groups is 1. The van der Waals surface area contributed by atoms with Crippen molar-refractivity contribution in [2.75, 3.05) is 33.5 Å². The molecular formula is C25H32FNO5. The molecule has 0 bridgehead atoms. The van der Waals surface area contributed by atoms with Gasteiger partial charge in [-0.25, -0.2) is 9.18 Å². The summed E-state index contributed by atoms with van der Waals surface area (Å²) in [5.41, 5.74) is 1.07. The highest BCUT2D eigenvalue weighted by Crippen LogP contribution is 2.18. The van der Waals surface area contributed by atoms with Gasteiger partial charge < -0.3 is 24.3 Å². The van der Waals surface area contributed by atoms with E-state index in [2.05, 4.69) is 5.32 Å². The Morgan fingerprint density at radius 2 is 1.88 bits per heavy atom. The number of carbonyl (C=O) groups excluding carboxylic acids is 1. The Morgan fingerprint density at radius 1 is 1.12 bits per heavy atom. The van der Waals surface area contributed by atoms with Crippen molar-refractivity contribution < 1.29 is 28.1 Å². The Kier molecular flexibility index (Phi) is 10.2. The second-order valence-electron chi connectivity index (χ2n) is 8.05. The minimum absolute atomic E-state index is 0.149. The van der Waals surface area contributed by atoms with Gasteiger partial charge in [0, 0.05) is 0 Å². The van der Waals surface area contributed by atoms with Gasteiger partial charge in [0.1, 0.15) is 23.3 Å². The topological polar surface area (TPSA) is 66.0 Å². The molecule has 0 heterocycles. The summed E-state index contributed by atoms with van der Waals surface area (Å²) in [6.07, 6.45) is 2.79. The van der Waals surface area contributed by atoms with Gasteiger partial charge >= 0.3 is 6.09 Å². The molecule has 0 saturated heterocycles. The molecule has 7 heteroatoms. The van der Waals surface area contributed by atoms with Gasteiger partial charge in [0.05, 0.1) is 33.5 Å². The number of methoxy groups -OCH3 is 1. The molecule has 0 radical (unpaired) electrons. The second-order valence-corrected chi connectivity index (χ2v) is 8.05. The predicted molar refractivity (Wildman–Crippen MR) is 122 cm³/mol. The normalized spacial score (nSPS) is 12.5. The molecule has 0 aliphatic carbocycles. The van der Waals surface area contributed by atoms with E-state index in [-0.39, 0.29) is 19.0 Å². The highest BCUT2D eigenvalue weighted by atomic mass is 19.1. The minimum atomic E-state index is -0.605. The molecular weight excluding hydrogens is 413 g/mol. The molecule has 2 rings (SSSR count). The molecule has 2 aromatic carbocycles. The van der Waals surface area contributed by atoms with Gasteiger partial charge in [-0.15, -0.1) is 0 Å². The molecule has 0 saturated carbocycles. The lowest BCUT2D eigenvalue weighted by atomic mass is 10.1. The lowest BCUT2D eigenvalue weighted by Crippen LogP contribution is -2.35. The highest BCUT2D eigenvalue weighted by Gasteiger charge is 2.19. The van der Waals surface area contributed by atoms with Gasteiger partial charge in [0.2, 0.25) is 0 Å². The average molecular weight is 446 g/mol. The third-order valence-electron chi connectivity index (χ3n) is 4.24. The van der Waals surface area contributed by atoms with Crippen LogP contribution in [-0.2, 0) is 14.2 Å². The minimum Gasteiger partial charge on any atom is -0.497 e. The molecule has 2 aromatic rings. The molecule has 0 aliphatic rings. The van der Waals surface area contributed by atoms with Crippen LogP contribution in [-0.4, -0.2) is 45.2 Å². The zero-order valence-electron chi connectivity index (χ0n) is 19.1. The highest BCUT2D eigenvalue weighted by molar-refractivity contribution is 5.67. The predicted octanol–water partition coefficient (Wildman–Crippen LogP) is 5.15. The van der Waals surface area contributed by atoms with Crippen molar-refractivity contribution in [1.82, 2.24) is 5.32 Å². The summed E-state index contributed by atoms with van der Waals surface area (Å²) in [4.78, 5) is 12.0. The second kappa shape index (κ2) is 12.8. The fraction of sp³-hybridized carbons (Fsp3) is 0.400. The van der Waals surface area contributed by atoms with E-state index < -0.39 is 17.8 Å². The summed E-state index contributed by atoms with van der Waals surface area (Å²) in [6.45, 7) is 6.57. The molecule has 1 atom stereocenters. The summed E-state index contributed by atoms with van der Waals surface area (Å²) >= 11 is 0. The van der Waals surface area contributed by atoms with Crippen molar-refractivity contribution in [3.05, 3.63) is 71.6 Å². The smallest absolute Gasteiger partial charge is 0.407 e. The fourth-order valence-electron chi connectivity index (χ4n) is 2.77. The largest absolute Gasteiger partial charge is 0.497 e. The SMILES string of the molecule is COc1ccc(/C=C/COCCOC(CNC(=O)OC(C)(C)C)c2cccc(F)c2)cc1. The maximum atomic E-state index is 13.7. The van der Waals surface area contributed by atoms with Crippen LogP contribution < -0.4 is 10.1 Å². The average Bonchev–Trinajstić information content (AvgIpc) is 2.74. The zero-order valence-corrected chi connectivity index (χ0v) is 19.1. The van der Waals surface area contributed by atoms with Crippen LogP contribution in [0.3, 0.4) is 0 Å². The van der Waals surface area contributed by atoms with Crippen LogP contribution in [0.25, 0.3) is 6.08 Å². The third-order valence-corrected chi connectivity index (χ3v) is 4.24. The maximum absolute atomic E-state index is 13.7. The van der Waals surface area contributed by atoms with E-state index in [0.717, 1.165) is 11.3 Å². The fourth-order valence-corrected chi connectivity index (χ4v) is 2.77. The van der Waals surface area contributed by atoms with Crippen LogP contribution in [0.2, 0.25) is 0 Å². The van der Waals surface area contributed by atoms with Crippen LogP contribution >= 0.6 is 0 Å². The number of rotatable bonds is 11. The van der Waals surface area contributed by atoms with Gasteiger partial charge in [-0.2, -0.15) is 0 Å². The molecule has 1 unspecified atom stereocenters. The maximum Gasteiger partial charge on any atom is 0.407 e. The molecule has 0 spiro atoms. The quantitative estimate of drug-likeness (QED) is 0.485. The third kappa shape index (κ3) is 9.94. The van der Waals surface area contributed by atoms with Gasteiger partial charge in [0.15, 0.2) is 0 Å². The van der Waals surface area contributed by atoms with Crippen LogP contribution in [0.5, 0.6) is 5.75 Å². The first-order valence-electron chi connectivity index (χ1n) is 10.5. The lowest BCUT2D eigenvalue weighted by molar-refractivity contribution is 0.00617. The number of benzene rings is 2. The Morgan fingerprint density at radius 3 is 2.53 bits per heavy atom. The summed E-state index contributed by atoms with van der Waals surface area (Å²) in [6, 6.07) is 13.8. The Hall–Kier alpha value is -2.90. The summed E-state index contributed by atoms with van der Waals surface area (Å²) in [5.74, 6) is 0.442. The molecule has 174 valence electrons. The van der Waals surface area contributed by atoms with E-state index in [1.165, 1.54) is 12.1 Å². The van der Waals surface area contributed by atoms with Gasteiger partial charge in [-0.1, -0.05) is 36.4 Å². The van der Waals surface area contributed by atoms with E-state index in [4.69, 9.17) is 18.9 Å². The molecule has 0 fully saturated rings. The van der Waals surface area contributed by atoms with Crippen molar-refractivity contribution in [2.45, 2.75) is 32.5 Å². The van der Waals surface area contributed by atoms with Crippen molar-refractivity contribution in [3.63, 3.8) is 0 Å². The molecule has 0 aromatic heterocycles. The van der Waals surface area contributed by atoms with Crippen molar-refractivity contribution in [3.8, 4) is 5.75 Å². The van der Waals surface area contributed by atoms with E-state index in [1.54, 1.807) is 40.0 Å². The molecule has 6 nitrogen and oxygen atoms in total. The first-order valence-corrected chi connectivity index (χ1v) is 10.5. The van der Waals surface area contributed by atoms with Crippen molar-refractivity contribution in [2.24, 2.45) is 0 Å². The van der Waals surface area contributed by atoms with E-state index in [9.17, 15) is 9.18 Å². The summed E-state index contributed by atoms with van der Waals surface area (Å²) in [7, 11) is 1.63. The van der Waals surface area contributed by atoms with Gasteiger partial charge in [-0.3, -0.25) is 0 Å². The van der Waals surface area contributed by atoms with Crippen LogP contribution in [0, 0.1) is 5.82 Å². The molecule has 0 aliphatic heterocycles. The van der Waals surface area contributed by atoms with Gasteiger partial charge in [0.25, 0.3) is 0 Å². The first-order chi connectivity index (χ1) is 15.3. The lowest BCUT2D eigenvalue weighted by Gasteiger charge is -2.22. The number of hydrogen-bond acceptors (Lipinski definition) is 5. The Labute approximate surface area is 189 Å². The van der Waals surface area contributed by atoms with Gasteiger partial charge in [-0.05, 0) is 56.2 Å². The zero-order chi connectivity index (χ0) is 23.4. The molecule has 1 amide bonds. The summed E-state index contributed by atoms with van der Waals surface area (Å²) in [5, 5.41) is 2.68. The number of amides is 1. The van der Waals surface area contributed by atoms with E-state index in [0.29, 0.717) is 18.8 Å². The Bertz CT molecular complexity index is 861. The monoisotopic (exact) mass is 445 g/mol. The molecule has 32 heavy (non-hydrogen) atoms. The Balaban J connectivity index is 1.78. The van der Waals surface area contributed by atoms with E-state index >= 15 is 0 Å². The van der Waals surface area contributed by atoms with Crippen molar-refractivity contribution in [1.29, 1.82) is 0 Å². The number of hydrogen-bond donors (Lipinski definition) is 1. The molecule has 1 N–H and O–H groups in total.